The lowest BCUT2D eigenvalue weighted by atomic mass is 10.0. The maximum absolute atomic E-state index is 12.9. The van der Waals surface area contributed by atoms with Gasteiger partial charge in [0.1, 0.15) is 0 Å². The average molecular weight is 318 g/mol. The van der Waals surface area contributed by atoms with Gasteiger partial charge in [-0.1, -0.05) is 0 Å². The Hall–Kier alpha value is -1.42. The molecule has 0 unspecified atom stereocenters. The van der Waals surface area contributed by atoms with Crippen molar-refractivity contribution in [2.45, 2.75) is 30.9 Å². The van der Waals surface area contributed by atoms with Crippen LogP contribution in [-0.2, 0) is 9.53 Å². The minimum Gasteiger partial charge on any atom is -0.501 e. The van der Waals surface area contributed by atoms with Gasteiger partial charge in [-0.25, -0.2) is 0 Å². The molecule has 0 aromatic heterocycles. The third-order valence-electron chi connectivity index (χ3n) is 1.94. The summed E-state index contributed by atoms with van der Waals surface area (Å²) in [5.41, 5.74) is 0. The van der Waals surface area contributed by atoms with E-state index >= 15 is 0 Å². The van der Waals surface area contributed by atoms with Gasteiger partial charge in [-0.05, 0) is 6.92 Å². The first-order chi connectivity index (χ1) is 8.73. The minimum absolute atomic E-state index is 0.176. The number of carbonyl (C=O) groups is 1. The van der Waals surface area contributed by atoms with Crippen molar-refractivity contribution in [2.75, 3.05) is 6.61 Å². The fraction of sp³-hybridized carbons (Fsp3) is 0.667. The van der Waals surface area contributed by atoms with E-state index in [4.69, 9.17) is 0 Å². The van der Waals surface area contributed by atoms with Crippen molar-refractivity contribution in [1.29, 1.82) is 0 Å². The van der Waals surface area contributed by atoms with Crippen molar-refractivity contribution in [3.8, 4) is 0 Å². The smallest absolute Gasteiger partial charge is 0.460 e. The summed E-state index contributed by atoms with van der Waals surface area (Å²) in [7, 11) is 0. The van der Waals surface area contributed by atoms with Crippen LogP contribution >= 0.6 is 0 Å². The van der Waals surface area contributed by atoms with Gasteiger partial charge in [0.2, 0.25) is 5.78 Å². The quantitative estimate of drug-likeness (QED) is 0.425. The normalized spacial score (nSPS) is 14.7. The van der Waals surface area contributed by atoms with Crippen LogP contribution in [0.3, 0.4) is 0 Å². The maximum Gasteiger partial charge on any atom is 0.460 e. The largest absolute Gasteiger partial charge is 0.501 e. The lowest BCUT2D eigenvalue weighted by molar-refractivity contribution is -0.387. The molecule has 0 fully saturated rings. The van der Waals surface area contributed by atoms with Crippen molar-refractivity contribution in [3.63, 3.8) is 0 Å². The zero-order chi connectivity index (χ0) is 16.4. The van der Waals surface area contributed by atoms with Crippen molar-refractivity contribution in [3.05, 3.63) is 12.3 Å². The number of allylic oxidation sites excluding steroid dienone is 1. The van der Waals surface area contributed by atoms with Crippen LogP contribution in [0.25, 0.3) is 0 Å². The summed E-state index contributed by atoms with van der Waals surface area (Å²) >= 11 is 0. The Kier molecular flexibility index (Phi) is 5.13. The monoisotopic (exact) mass is 318 g/mol. The van der Waals surface area contributed by atoms with Crippen LogP contribution < -0.4 is 0 Å². The molecule has 0 heterocycles. The molecule has 0 bridgehead atoms. The topological polar surface area (TPSA) is 26.3 Å². The van der Waals surface area contributed by atoms with Crippen molar-refractivity contribution in [1.82, 2.24) is 0 Å². The van der Waals surface area contributed by atoms with Crippen molar-refractivity contribution < 1.29 is 49.0 Å². The molecule has 0 aromatic carbocycles. The van der Waals surface area contributed by atoms with Crippen LogP contribution in [-0.4, -0.2) is 36.3 Å². The molecule has 2 nitrogen and oxygen atoms in total. The summed E-state index contributed by atoms with van der Waals surface area (Å²) in [5, 5.41) is 0. The zero-order valence-corrected chi connectivity index (χ0v) is 9.58. The zero-order valence-electron chi connectivity index (χ0n) is 9.58. The summed E-state index contributed by atoms with van der Waals surface area (Å²) in [5.74, 6) is -23.2. The van der Waals surface area contributed by atoms with Crippen molar-refractivity contribution in [2.24, 2.45) is 0 Å². The lowest BCUT2D eigenvalue weighted by Crippen LogP contribution is -2.63. The van der Waals surface area contributed by atoms with Crippen molar-refractivity contribution >= 4 is 5.78 Å². The molecule has 0 N–H and O–H groups in total. The Labute approximate surface area is 106 Å². The molecule has 20 heavy (non-hydrogen) atoms. The Bertz CT molecular complexity index is 383. The van der Waals surface area contributed by atoms with E-state index in [1.165, 1.54) is 6.92 Å². The van der Waals surface area contributed by atoms with Crippen LogP contribution in [0.1, 0.15) is 6.92 Å². The summed E-state index contributed by atoms with van der Waals surface area (Å²) in [4.78, 5) is 10.7. The maximum atomic E-state index is 12.9. The molecular formula is C9H7F9O2. The van der Waals surface area contributed by atoms with Gasteiger partial charge in [0.15, 0.2) is 0 Å². The van der Waals surface area contributed by atoms with Gasteiger partial charge in [0, 0.05) is 6.08 Å². The highest BCUT2D eigenvalue weighted by atomic mass is 19.4. The highest BCUT2D eigenvalue weighted by molar-refractivity contribution is 5.96. The molecule has 0 rings (SSSR count). The fourth-order valence-electron chi connectivity index (χ4n) is 0.841. The first-order valence-corrected chi connectivity index (χ1v) is 4.76. The van der Waals surface area contributed by atoms with Crippen LogP contribution in [0, 0.1) is 0 Å². The highest BCUT2D eigenvalue weighted by Crippen LogP contribution is 2.53. The van der Waals surface area contributed by atoms with E-state index in [0.29, 0.717) is 0 Å². The van der Waals surface area contributed by atoms with Gasteiger partial charge < -0.3 is 4.74 Å². The molecule has 11 heteroatoms. The van der Waals surface area contributed by atoms with Crippen LogP contribution in [0.4, 0.5) is 39.5 Å². The second-order valence-electron chi connectivity index (χ2n) is 3.34. The predicted octanol–water partition coefficient (Wildman–Crippen LogP) is 3.57. The summed E-state index contributed by atoms with van der Waals surface area (Å²) in [6.07, 6.45) is -7.13. The third kappa shape index (κ3) is 3.01. The predicted molar refractivity (Wildman–Crippen MR) is 46.7 cm³/mol. The van der Waals surface area contributed by atoms with E-state index in [9.17, 15) is 44.3 Å². The van der Waals surface area contributed by atoms with E-state index in [0.717, 1.165) is 0 Å². The van der Waals surface area contributed by atoms with Gasteiger partial charge in [-0.15, -0.1) is 0 Å². The number of hydrogen-bond donors (Lipinski definition) is 0. The van der Waals surface area contributed by atoms with E-state index in [1.54, 1.807) is 0 Å². The number of carbonyl (C=O) groups excluding carboxylic acids is 1. The molecule has 0 amide bonds. The fourth-order valence-corrected chi connectivity index (χ4v) is 0.841. The Balaban J connectivity index is 5.52. The SMILES string of the molecule is CCO/C=C/C(=O)C(F)(F)C(F)(F)C(F)(F)C(F)(F)F. The molecule has 0 saturated carbocycles. The number of hydrogen-bond acceptors (Lipinski definition) is 2. The molecule has 0 radical (unpaired) electrons. The van der Waals surface area contributed by atoms with Gasteiger partial charge in [-0.2, -0.15) is 39.5 Å². The van der Waals surface area contributed by atoms with Gasteiger partial charge in [-0.3, -0.25) is 4.79 Å². The molecule has 0 aromatic rings. The van der Waals surface area contributed by atoms with E-state index in [2.05, 4.69) is 4.74 Å². The number of rotatable bonds is 6. The van der Waals surface area contributed by atoms with Gasteiger partial charge >= 0.3 is 23.9 Å². The number of alkyl halides is 9. The van der Waals surface area contributed by atoms with Gasteiger partial charge in [0.05, 0.1) is 12.9 Å². The summed E-state index contributed by atoms with van der Waals surface area (Å²) in [6.45, 7) is 1.13. The second-order valence-corrected chi connectivity index (χ2v) is 3.34. The van der Waals surface area contributed by atoms with Crippen LogP contribution in [0.5, 0.6) is 0 Å². The minimum atomic E-state index is -7.08. The molecule has 0 spiro atoms. The van der Waals surface area contributed by atoms with Crippen LogP contribution in [0.15, 0.2) is 12.3 Å². The summed E-state index contributed by atoms with van der Waals surface area (Å²) in [6, 6.07) is 0. The molecular weight excluding hydrogens is 311 g/mol. The van der Waals surface area contributed by atoms with Crippen LogP contribution in [0.2, 0.25) is 0 Å². The van der Waals surface area contributed by atoms with Gasteiger partial charge in [0.25, 0.3) is 0 Å². The molecule has 0 saturated heterocycles. The Morgan fingerprint density at radius 3 is 1.75 bits per heavy atom. The molecule has 0 atom stereocenters. The number of ketones is 1. The molecule has 0 aliphatic carbocycles. The second kappa shape index (κ2) is 5.52. The Morgan fingerprint density at radius 2 is 1.40 bits per heavy atom. The van der Waals surface area contributed by atoms with E-state index in [-0.39, 0.29) is 18.9 Å². The highest BCUT2D eigenvalue weighted by Gasteiger charge is 2.83. The third-order valence-corrected chi connectivity index (χ3v) is 1.94. The summed E-state index contributed by atoms with van der Waals surface area (Å²) < 4.78 is 115. The van der Waals surface area contributed by atoms with E-state index in [1.807, 2.05) is 0 Å². The lowest BCUT2D eigenvalue weighted by Gasteiger charge is -2.32. The standard InChI is InChI=1S/C9H7F9O2/c1-2-20-4-3-5(19)6(10,11)7(12,13)8(14,15)9(16,17)18/h3-4H,2H2,1H3/b4-3+. The number of halogens is 9. The first-order valence-electron chi connectivity index (χ1n) is 4.76. The van der Waals surface area contributed by atoms with E-state index < -0.39 is 29.7 Å². The number of ether oxygens (including phenoxy) is 1. The molecule has 0 aliphatic heterocycles. The first kappa shape index (κ1) is 18.6. The molecule has 0 aliphatic rings. The average Bonchev–Trinajstić information content (AvgIpc) is 2.27. The molecule has 118 valence electrons. The Morgan fingerprint density at radius 1 is 0.950 bits per heavy atom.